The van der Waals surface area contributed by atoms with E-state index in [1.54, 1.807) is 0 Å². The summed E-state index contributed by atoms with van der Waals surface area (Å²) in [5.41, 5.74) is 2.56. The van der Waals surface area contributed by atoms with Crippen LogP contribution in [0.4, 0.5) is 0 Å². The van der Waals surface area contributed by atoms with E-state index in [1.165, 1.54) is 11.1 Å². The molecule has 0 fully saturated rings. The molecular weight excluding hydrogens is 420 g/mol. The van der Waals surface area contributed by atoms with Crippen molar-refractivity contribution in [1.29, 1.82) is 0 Å². The first-order chi connectivity index (χ1) is 16.1. The maximum Gasteiger partial charge on any atom is 0.191 e. The standard InChI is InChI=1S/C16H23NO.C14H19NO/c1-5-14(13-9-7-6-8-10-13)15-17-16(3,4)11-12(2)18-15;1-11-10-14(2,3)15-13(16-11)9-12-7-5-4-6-8-12/h6-10,12,14H,5,11H2,1-4H3;4-8,11H,9-10H2,1-3H3. The van der Waals surface area contributed by atoms with Gasteiger partial charge in [-0.05, 0) is 59.1 Å². The highest BCUT2D eigenvalue weighted by atomic mass is 16.5. The Hall–Kier alpha value is -2.62. The summed E-state index contributed by atoms with van der Waals surface area (Å²) in [6.07, 6.45) is 4.32. The molecule has 4 rings (SSSR count). The highest BCUT2D eigenvalue weighted by Crippen LogP contribution is 2.31. The lowest BCUT2D eigenvalue weighted by Gasteiger charge is -2.34. The molecule has 3 atom stereocenters. The first-order valence-electron chi connectivity index (χ1n) is 12.7. The summed E-state index contributed by atoms with van der Waals surface area (Å²) in [5.74, 6) is 2.07. The third-order valence-corrected chi connectivity index (χ3v) is 6.18. The summed E-state index contributed by atoms with van der Waals surface area (Å²) in [5, 5.41) is 0. The lowest BCUT2D eigenvalue weighted by atomic mass is 9.92. The predicted molar refractivity (Wildman–Crippen MR) is 143 cm³/mol. The molecule has 0 spiro atoms. The molecule has 0 bridgehead atoms. The molecular formula is C30H42N2O2. The first kappa shape index (κ1) is 26.0. The molecule has 2 aromatic carbocycles. The largest absolute Gasteiger partial charge is 0.478 e. The summed E-state index contributed by atoms with van der Waals surface area (Å²) in [7, 11) is 0. The number of ether oxygens (including phenoxy) is 2. The topological polar surface area (TPSA) is 43.2 Å². The molecule has 0 N–H and O–H groups in total. The Balaban J connectivity index is 0.000000192. The molecule has 184 valence electrons. The number of aliphatic imine (C=N–C) groups is 2. The number of benzene rings is 2. The normalized spacial score (nSPS) is 23.7. The highest BCUT2D eigenvalue weighted by Gasteiger charge is 2.31. The minimum atomic E-state index is -0.00476. The van der Waals surface area contributed by atoms with Gasteiger partial charge in [0.1, 0.15) is 0 Å². The third kappa shape index (κ3) is 7.72. The van der Waals surface area contributed by atoms with Crippen LogP contribution in [-0.2, 0) is 15.9 Å². The Kier molecular flexibility index (Phi) is 8.57. The van der Waals surface area contributed by atoms with Crippen LogP contribution in [0, 0.1) is 0 Å². The molecule has 3 unspecified atom stereocenters. The number of hydrogen-bond acceptors (Lipinski definition) is 4. The van der Waals surface area contributed by atoms with Crippen LogP contribution in [0.2, 0.25) is 0 Å². The molecule has 4 nitrogen and oxygen atoms in total. The van der Waals surface area contributed by atoms with Gasteiger partial charge in [0, 0.05) is 19.3 Å². The van der Waals surface area contributed by atoms with Crippen LogP contribution < -0.4 is 0 Å². The maximum atomic E-state index is 5.98. The SMILES string of the molecule is CC1CC(C)(C)N=C(Cc2ccccc2)O1.CCC(C1=NC(C)(C)CC(C)O1)c1ccccc1. The van der Waals surface area contributed by atoms with Crippen molar-refractivity contribution < 1.29 is 9.47 Å². The highest BCUT2D eigenvalue weighted by molar-refractivity contribution is 5.84. The minimum Gasteiger partial charge on any atom is -0.478 e. The van der Waals surface area contributed by atoms with E-state index >= 15 is 0 Å². The van der Waals surface area contributed by atoms with Crippen molar-refractivity contribution in [2.24, 2.45) is 9.98 Å². The van der Waals surface area contributed by atoms with Crippen molar-refractivity contribution in [2.75, 3.05) is 0 Å². The smallest absolute Gasteiger partial charge is 0.191 e. The lowest BCUT2D eigenvalue weighted by Crippen LogP contribution is -2.36. The van der Waals surface area contributed by atoms with E-state index in [0.717, 1.165) is 37.5 Å². The van der Waals surface area contributed by atoms with Gasteiger partial charge in [0.25, 0.3) is 0 Å². The van der Waals surface area contributed by atoms with Gasteiger partial charge in [-0.2, -0.15) is 0 Å². The van der Waals surface area contributed by atoms with E-state index in [0.29, 0.717) is 0 Å². The molecule has 2 heterocycles. The fourth-order valence-electron chi connectivity index (χ4n) is 4.96. The van der Waals surface area contributed by atoms with Crippen LogP contribution >= 0.6 is 0 Å². The predicted octanol–water partition coefficient (Wildman–Crippen LogP) is 7.38. The molecule has 2 aromatic rings. The number of rotatable bonds is 5. The van der Waals surface area contributed by atoms with Crippen LogP contribution in [0.3, 0.4) is 0 Å². The molecule has 0 radical (unpaired) electrons. The Morgan fingerprint density at radius 1 is 0.794 bits per heavy atom. The summed E-state index contributed by atoms with van der Waals surface area (Å²) >= 11 is 0. The van der Waals surface area contributed by atoms with Gasteiger partial charge in [-0.1, -0.05) is 67.6 Å². The summed E-state index contributed by atoms with van der Waals surface area (Å²) < 4.78 is 11.8. The van der Waals surface area contributed by atoms with E-state index in [-0.39, 0.29) is 29.2 Å². The van der Waals surface area contributed by atoms with Crippen molar-refractivity contribution in [3.63, 3.8) is 0 Å². The molecule has 34 heavy (non-hydrogen) atoms. The summed E-state index contributed by atoms with van der Waals surface area (Å²) in [4.78, 5) is 9.46. The number of nitrogens with zero attached hydrogens (tertiary/aromatic N) is 2. The zero-order valence-corrected chi connectivity index (χ0v) is 22.0. The van der Waals surface area contributed by atoms with E-state index in [2.05, 4.69) is 89.9 Å². The first-order valence-corrected chi connectivity index (χ1v) is 12.7. The van der Waals surface area contributed by atoms with Crippen LogP contribution in [0.25, 0.3) is 0 Å². The van der Waals surface area contributed by atoms with Crippen molar-refractivity contribution in [2.45, 2.75) is 103 Å². The maximum absolute atomic E-state index is 5.98. The van der Waals surface area contributed by atoms with Gasteiger partial charge in [0.2, 0.25) is 0 Å². The molecule has 4 heteroatoms. The van der Waals surface area contributed by atoms with Crippen LogP contribution in [0.15, 0.2) is 70.6 Å². The third-order valence-electron chi connectivity index (χ3n) is 6.18. The van der Waals surface area contributed by atoms with E-state index in [9.17, 15) is 0 Å². The van der Waals surface area contributed by atoms with E-state index in [1.807, 2.05) is 24.3 Å². The average molecular weight is 463 g/mol. The summed E-state index contributed by atoms with van der Waals surface area (Å²) in [6.45, 7) is 15.1. The second-order valence-corrected chi connectivity index (χ2v) is 10.9. The minimum absolute atomic E-state index is 0.00476. The Morgan fingerprint density at radius 3 is 1.85 bits per heavy atom. The van der Waals surface area contributed by atoms with Gasteiger partial charge >= 0.3 is 0 Å². The van der Waals surface area contributed by atoms with E-state index < -0.39 is 0 Å². The van der Waals surface area contributed by atoms with Crippen molar-refractivity contribution in [3.8, 4) is 0 Å². The molecule has 0 saturated carbocycles. The second kappa shape index (κ2) is 11.2. The molecule has 2 aliphatic heterocycles. The Labute approximate surface area is 206 Å². The van der Waals surface area contributed by atoms with Crippen LogP contribution in [-0.4, -0.2) is 35.1 Å². The van der Waals surface area contributed by atoms with Gasteiger partial charge < -0.3 is 9.47 Å². The lowest BCUT2D eigenvalue weighted by molar-refractivity contribution is 0.136. The van der Waals surface area contributed by atoms with Crippen LogP contribution in [0.5, 0.6) is 0 Å². The number of hydrogen-bond donors (Lipinski definition) is 0. The molecule has 0 saturated heterocycles. The van der Waals surface area contributed by atoms with Crippen molar-refractivity contribution in [1.82, 2.24) is 0 Å². The van der Waals surface area contributed by atoms with Gasteiger partial charge in [0.05, 0.1) is 29.2 Å². The Bertz CT molecular complexity index is 964. The molecule has 0 amide bonds. The van der Waals surface area contributed by atoms with Gasteiger partial charge in [-0.3, -0.25) is 0 Å². The quantitative estimate of drug-likeness (QED) is 0.465. The zero-order valence-electron chi connectivity index (χ0n) is 22.0. The summed E-state index contributed by atoms with van der Waals surface area (Å²) in [6, 6.07) is 20.9. The Morgan fingerprint density at radius 2 is 1.32 bits per heavy atom. The fourth-order valence-corrected chi connectivity index (χ4v) is 4.96. The fraction of sp³-hybridized carbons (Fsp3) is 0.533. The van der Waals surface area contributed by atoms with E-state index in [4.69, 9.17) is 14.5 Å². The van der Waals surface area contributed by atoms with Gasteiger partial charge in [0.15, 0.2) is 11.8 Å². The molecule has 0 aromatic heterocycles. The van der Waals surface area contributed by atoms with Crippen LogP contribution in [0.1, 0.15) is 84.8 Å². The monoisotopic (exact) mass is 462 g/mol. The molecule has 2 aliphatic rings. The molecule has 0 aliphatic carbocycles. The van der Waals surface area contributed by atoms with Gasteiger partial charge in [-0.15, -0.1) is 0 Å². The second-order valence-electron chi connectivity index (χ2n) is 10.9. The van der Waals surface area contributed by atoms with Crippen molar-refractivity contribution >= 4 is 11.8 Å². The van der Waals surface area contributed by atoms with Gasteiger partial charge in [-0.25, -0.2) is 9.98 Å². The van der Waals surface area contributed by atoms with Crippen molar-refractivity contribution in [3.05, 3.63) is 71.8 Å². The zero-order chi connectivity index (χ0) is 24.8. The average Bonchev–Trinajstić information content (AvgIpc) is 2.73.